The lowest BCUT2D eigenvalue weighted by Crippen LogP contribution is -2.31. The van der Waals surface area contributed by atoms with Crippen LogP contribution in [0.5, 0.6) is 11.6 Å². The van der Waals surface area contributed by atoms with Crippen LogP contribution < -0.4 is 20.5 Å². The third-order valence-corrected chi connectivity index (χ3v) is 3.86. The highest BCUT2D eigenvalue weighted by molar-refractivity contribution is 6.01. The van der Waals surface area contributed by atoms with Gasteiger partial charge in [0.2, 0.25) is 5.88 Å². The van der Waals surface area contributed by atoms with Crippen LogP contribution in [-0.2, 0) is 4.79 Å². The normalized spacial score (nSPS) is 20.0. The number of benzene rings is 1. The van der Waals surface area contributed by atoms with Crippen LogP contribution in [-0.4, -0.2) is 42.7 Å². The van der Waals surface area contributed by atoms with Crippen LogP contribution in [0.4, 0.5) is 4.39 Å². The van der Waals surface area contributed by atoms with Crippen molar-refractivity contribution in [3.63, 3.8) is 0 Å². The van der Waals surface area contributed by atoms with Crippen molar-refractivity contribution in [2.24, 2.45) is 5.73 Å². The Morgan fingerprint density at radius 1 is 1.50 bits per heavy atom. The van der Waals surface area contributed by atoms with Crippen molar-refractivity contribution in [1.82, 2.24) is 10.3 Å². The van der Waals surface area contributed by atoms with Gasteiger partial charge in [0.25, 0.3) is 11.8 Å². The van der Waals surface area contributed by atoms with Crippen LogP contribution in [0.2, 0.25) is 0 Å². The van der Waals surface area contributed by atoms with E-state index in [4.69, 9.17) is 15.2 Å². The Morgan fingerprint density at radius 2 is 2.29 bits per heavy atom. The SMILES string of the molecule is COc1cc2c(OCC3C[C@@H](F)C(=O)N3)nccc2cc1C(N)=O. The van der Waals surface area contributed by atoms with Crippen LogP contribution in [0.25, 0.3) is 10.8 Å². The van der Waals surface area contributed by atoms with Crippen molar-refractivity contribution in [3.8, 4) is 11.6 Å². The number of fused-ring (bicyclic) bond motifs is 1. The molecule has 1 aliphatic heterocycles. The Balaban J connectivity index is 1.88. The van der Waals surface area contributed by atoms with E-state index in [0.29, 0.717) is 22.4 Å². The second-order valence-corrected chi connectivity index (χ2v) is 5.47. The zero-order chi connectivity index (χ0) is 17.3. The standard InChI is InChI=1S/C16H16FN3O4/c1-23-13-6-10-8(4-11(13)14(18)21)2-3-19-16(10)24-7-9-5-12(17)15(22)20-9/h2-4,6,9,12H,5,7H2,1H3,(H2,18,21)(H,20,22)/t9?,12-/m1/s1. The lowest BCUT2D eigenvalue weighted by atomic mass is 10.1. The van der Waals surface area contributed by atoms with Gasteiger partial charge in [-0.1, -0.05) is 0 Å². The Kier molecular flexibility index (Phi) is 4.20. The summed E-state index contributed by atoms with van der Waals surface area (Å²) in [6.07, 6.45) is 0.0936. The first-order chi connectivity index (χ1) is 11.5. The van der Waals surface area contributed by atoms with Gasteiger partial charge in [-0.3, -0.25) is 9.59 Å². The maximum Gasteiger partial charge on any atom is 0.254 e. The van der Waals surface area contributed by atoms with Crippen molar-refractivity contribution in [2.75, 3.05) is 13.7 Å². The molecule has 0 aliphatic carbocycles. The van der Waals surface area contributed by atoms with Gasteiger partial charge in [0.1, 0.15) is 12.4 Å². The number of ether oxygens (including phenoxy) is 2. The summed E-state index contributed by atoms with van der Waals surface area (Å²) in [5, 5.41) is 3.84. The van der Waals surface area contributed by atoms with Crippen LogP contribution >= 0.6 is 0 Å². The van der Waals surface area contributed by atoms with E-state index in [-0.39, 0.29) is 18.6 Å². The zero-order valence-electron chi connectivity index (χ0n) is 12.9. The van der Waals surface area contributed by atoms with Crippen LogP contribution in [0.3, 0.4) is 0 Å². The summed E-state index contributed by atoms with van der Waals surface area (Å²) in [6, 6.07) is 4.52. The van der Waals surface area contributed by atoms with Crippen molar-refractivity contribution in [3.05, 3.63) is 30.0 Å². The summed E-state index contributed by atoms with van der Waals surface area (Å²) in [6.45, 7) is 0.0954. The molecular formula is C16H16FN3O4. The molecule has 24 heavy (non-hydrogen) atoms. The molecule has 1 aliphatic rings. The molecular weight excluding hydrogens is 317 g/mol. The van der Waals surface area contributed by atoms with Gasteiger partial charge in [-0.2, -0.15) is 0 Å². The fraction of sp³-hybridized carbons (Fsp3) is 0.312. The molecule has 1 unspecified atom stereocenters. The average molecular weight is 333 g/mol. The van der Waals surface area contributed by atoms with Crippen LogP contribution in [0, 0.1) is 0 Å². The maximum atomic E-state index is 13.2. The summed E-state index contributed by atoms with van der Waals surface area (Å²) in [5.74, 6) is -0.609. The number of amides is 2. The lowest BCUT2D eigenvalue weighted by Gasteiger charge is -2.14. The molecule has 0 bridgehead atoms. The first-order valence-electron chi connectivity index (χ1n) is 7.33. The number of methoxy groups -OCH3 is 1. The van der Waals surface area contributed by atoms with E-state index < -0.39 is 24.0 Å². The molecule has 2 atom stereocenters. The van der Waals surface area contributed by atoms with Gasteiger partial charge in [-0.15, -0.1) is 0 Å². The minimum Gasteiger partial charge on any atom is -0.496 e. The maximum absolute atomic E-state index is 13.2. The number of pyridine rings is 1. The number of nitrogens with two attached hydrogens (primary N) is 1. The molecule has 2 heterocycles. The molecule has 1 saturated heterocycles. The number of halogens is 1. The molecule has 0 radical (unpaired) electrons. The minimum atomic E-state index is -1.50. The molecule has 8 heteroatoms. The molecule has 1 fully saturated rings. The van der Waals surface area contributed by atoms with E-state index in [9.17, 15) is 14.0 Å². The van der Waals surface area contributed by atoms with E-state index in [1.54, 1.807) is 18.2 Å². The molecule has 3 N–H and O–H groups in total. The highest BCUT2D eigenvalue weighted by Crippen LogP contribution is 2.30. The Bertz CT molecular complexity index is 811. The number of carbonyl (C=O) groups is 2. The van der Waals surface area contributed by atoms with E-state index in [2.05, 4.69) is 10.3 Å². The number of nitrogens with zero attached hydrogens (tertiary/aromatic N) is 1. The summed E-state index contributed by atoms with van der Waals surface area (Å²) in [5.41, 5.74) is 5.60. The minimum absolute atomic E-state index is 0.0682. The van der Waals surface area contributed by atoms with Crippen molar-refractivity contribution >= 4 is 22.6 Å². The number of hydrogen-bond donors (Lipinski definition) is 2. The van der Waals surface area contributed by atoms with E-state index in [0.717, 1.165) is 0 Å². The number of primary amides is 1. The smallest absolute Gasteiger partial charge is 0.254 e. The van der Waals surface area contributed by atoms with Crippen molar-refractivity contribution < 1.29 is 23.5 Å². The molecule has 1 aromatic heterocycles. The van der Waals surface area contributed by atoms with E-state index >= 15 is 0 Å². The second-order valence-electron chi connectivity index (χ2n) is 5.47. The van der Waals surface area contributed by atoms with Gasteiger partial charge in [-0.05, 0) is 23.6 Å². The Labute approximate surface area is 136 Å². The number of rotatable bonds is 5. The Morgan fingerprint density at radius 3 is 2.92 bits per heavy atom. The number of hydrogen-bond acceptors (Lipinski definition) is 5. The van der Waals surface area contributed by atoms with Gasteiger partial charge in [0.05, 0.1) is 18.7 Å². The first kappa shape index (κ1) is 16.0. The topological polar surface area (TPSA) is 104 Å². The number of alkyl halides is 1. The molecule has 3 rings (SSSR count). The van der Waals surface area contributed by atoms with E-state index in [1.807, 2.05) is 0 Å². The van der Waals surface area contributed by atoms with Gasteiger partial charge in [0.15, 0.2) is 6.17 Å². The van der Waals surface area contributed by atoms with Crippen LogP contribution in [0.1, 0.15) is 16.8 Å². The fourth-order valence-electron chi connectivity index (χ4n) is 2.65. The lowest BCUT2D eigenvalue weighted by molar-refractivity contribution is -0.123. The van der Waals surface area contributed by atoms with Crippen LogP contribution in [0.15, 0.2) is 24.4 Å². The molecule has 1 aromatic carbocycles. The largest absolute Gasteiger partial charge is 0.496 e. The van der Waals surface area contributed by atoms with Gasteiger partial charge >= 0.3 is 0 Å². The predicted molar refractivity (Wildman–Crippen MR) is 83.8 cm³/mol. The fourth-order valence-corrected chi connectivity index (χ4v) is 2.65. The third-order valence-electron chi connectivity index (χ3n) is 3.86. The number of aromatic nitrogens is 1. The summed E-state index contributed by atoms with van der Waals surface area (Å²) in [7, 11) is 1.43. The second kappa shape index (κ2) is 6.31. The molecule has 0 saturated carbocycles. The quantitative estimate of drug-likeness (QED) is 0.848. The van der Waals surface area contributed by atoms with Gasteiger partial charge < -0.3 is 20.5 Å². The number of nitrogens with one attached hydrogen (secondary N) is 1. The van der Waals surface area contributed by atoms with Crippen molar-refractivity contribution in [2.45, 2.75) is 18.6 Å². The molecule has 0 spiro atoms. The summed E-state index contributed by atoms with van der Waals surface area (Å²) < 4.78 is 24.0. The molecule has 7 nitrogen and oxygen atoms in total. The Hall–Kier alpha value is -2.90. The summed E-state index contributed by atoms with van der Waals surface area (Å²) in [4.78, 5) is 26.8. The summed E-state index contributed by atoms with van der Waals surface area (Å²) >= 11 is 0. The van der Waals surface area contributed by atoms with E-state index in [1.165, 1.54) is 13.3 Å². The van der Waals surface area contributed by atoms with Gasteiger partial charge in [0, 0.05) is 18.0 Å². The van der Waals surface area contributed by atoms with Gasteiger partial charge in [-0.25, -0.2) is 9.37 Å². The third kappa shape index (κ3) is 2.94. The predicted octanol–water partition coefficient (Wildman–Crippen LogP) is 0.948. The highest BCUT2D eigenvalue weighted by Gasteiger charge is 2.32. The molecule has 2 aromatic rings. The monoisotopic (exact) mass is 333 g/mol. The average Bonchev–Trinajstić information content (AvgIpc) is 2.89. The highest BCUT2D eigenvalue weighted by atomic mass is 19.1. The zero-order valence-corrected chi connectivity index (χ0v) is 12.9. The molecule has 126 valence electrons. The van der Waals surface area contributed by atoms with Crippen molar-refractivity contribution in [1.29, 1.82) is 0 Å². The number of carbonyl (C=O) groups excluding carboxylic acids is 2. The first-order valence-corrected chi connectivity index (χ1v) is 7.33. The molecule has 2 amide bonds.